The van der Waals surface area contributed by atoms with Crippen LogP contribution in [-0.4, -0.2) is 37.2 Å². The Morgan fingerprint density at radius 3 is 0.713 bits per heavy atom. The summed E-state index contributed by atoms with van der Waals surface area (Å²) in [7, 11) is 0. The third-order valence-corrected chi connectivity index (χ3v) is 16.7. The molecule has 0 amide bonds. The van der Waals surface area contributed by atoms with Gasteiger partial charge in [-0.2, -0.15) is 0 Å². The molecular weight excluding hydrogens is 985 g/mol. The van der Waals surface area contributed by atoms with Gasteiger partial charge in [-0.25, -0.2) is 0 Å². The van der Waals surface area contributed by atoms with E-state index >= 15 is 0 Å². The number of hydrogen-bond donors (Lipinski definition) is 0. The Morgan fingerprint density at radius 2 is 0.450 bits per heavy atom. The molecule has 472 valence electrons. The maximum atomic E-state index is 13.0. The Labute approximate surface area is 500 Å². The summed E-state index contributed by atoms with van der Waals surface area (Å²) < 4.78 is 17.0. The molecule has 0 aliphatic heterocycles. The standard InChI is InChI=1S/C74H140O6/c1-4-7-10-13-16-19-22-25-28-31-34-35-36-37-38-39-41-43-46-49-52-55-58-61-64-67-73(76)79-70-71(69-78-72(75)66-63-60-57-54-51-48-45-42-33-30-27-24-21-18-15-12-9-6-3)80-74(77)68-65-62-59-56-53-50-47-44-40-32-29-26-23-20-17-14-11-8-5-2/h17,20,26,29,71H,4-16,18-19,21-25,27-28,30-70H2,1-3H3/b20-17-,29-26-. The fourth-order valence-electron chi connectivity index (χ4n) is 11.2. The first-order valence-corrected chi connectivity index (χ1v) is 36.3. The normalized spacial score (nSPS) is 12.1. The van der Waals surface area contributed by atoms with E-state index in [9.17, 15) is 14.4 Å². The van der Waals surface area contributed by atoms with Crippen LogP contribution in [0, 0.1) is 0 Å². The van der Waals surface area contributed by atoms with Crippen molar-refractivity contribution in [2.75, 3.05) is 13.2 Å². The van der Waals surface area contributed by atoms with Crippen LogP contribution in [0.15, 0.2) is 24.3 Å². The van der Waals surface area contributed by atoms with Crippen molar-refractivity contribution in [3.8, 4) is 0 Å². The fraction of sp³-hybridized carbons (Fsp3) is 0.905. The second-order valence-corrected chi connectivity index (χ2v) is 24.9. The van der Waals surface area contributed by atoms with Gasteiger partial charge in [-0.15, -0.1) is 0 Å². The van der Waals surface area contributed by atoms with Crippen LogP contribution in [0.25, 0.3) is 0 Å². The molecule has 1 unspecified atom stereocenters. The molecule has 0 rings (SSSR count). The first kappa shape index (κ1) is 77.9. The molecule has 6 nitrogen and oxygen atoms in total. The number of allylic oxidation sites excluding steroid dienone is 4. The minimum atomic E-state index is -0.771. The van der Waals surface area contributed by atoms with Crippen LogP contribution in [0.2, 0.25) is 0 Å². The Kier molecular flexibility index (Phi) is 67.6. The molecule has 0 spiro atoms. The molecule has 0 radical (unpaired) electrons. The van der Waals surface area contributed by atoms with E-state index in [0.717, 1.165) is 64.2 Å². The predicted octanol–water partition coefficient (Wildman–Crippen LogP) is 25.0. The summed E-state index contributed by atoms with van der Waals surface area (Å²) in [6.45, 7) is 6.71. The zero-order valence-electron chi connectivity index (χ0n) is 54.4. The number of esters is 3. The number of carbonyl (C=O) groups is 3. The van der Waals surface area contributed by atoms with Crippen molar-refractivity contribution in [2.24, 2.45) is 0 Å². The number of hydrogen-bond acceptors (Lipinski definition) is 6. The van der Waals surface area contributed by atoms with Crippen molar-refractivity contribution in [2.45, 2.75) is 419 Å². The van der Waals surface area contributed by atoms with Crippen LogP contribution in [0.4, 0.5) is 0 Å². The van der Waals surface area contributed by atoms with Gasteiger partial charge in [-0.1, -0.05) is 366 Å². The Bertz CT molecular complexity index is 1290. The number of ether oxygens (including phenoxy) is 3. The largest absolute Gasteiger partial charge is 0.462 e. The second-order valence-electron chi connectivity index (χ2n) is 24.9. The molecule has 6 heteroatoms. The maximum Gasteiger partial charge on any atom is 0.306 e. The summed E-state index contributed by atoms with van der Waals surface area (Å²) in [4.78, 5) is 38.5. The highest BCUT2D eigenvalue weighted by Crippen LogP contribution is 2.19. The number of unbranched alkanes of at least 4 members (excludes halogenated alkanes) is 53. The molecule has 0 heterocycles. The lowest BCUT2D eigenvalue weighted by molar-refractivity contribution is -0.167. The summed E-state index contributed by atoms with van der Waals surface area (Å²) in [5.74, 6) is -0.834. The number of rotatable bonds is 68. The first-order valence-electron chi connectivity index (χ1n) is 36.3. The average molecular weight is 1130 g/mol. The SMILES string of the molecule is CCCCC/C=C\C/C=C\CCCCCCCCCCCC(=O)OC(COC(=O)CCCCCCCCCCCCCCCCCCCC)COC(=O)CCCCCCCCCCCCCCCCCCCCCCCCCCC. The molecule has 0 aromatic heterocycles. The van der Waals surface area contributed by atoms with Crippen LogP contribution >= 0.6 is 0 Å². The van der Waals surface area contributed by atoms with E-state index in [4.69, 9.17) is 14.2 Å². The average Bonchev–Trinajstić information content (AvgIpc) is 3.46. The highest BCUT2D eigenvalue weighted by Gasteiger charge is 2.19. The second kappa shape index (κ2) is 69.4. The van der Waals surface area contributed by atoms with Crippen molar-refractivity contribution in [1.82, 2.24) is 0 Å². The minimum absolute atomic E-state index is 0.0662. The molecule has 0 aliphatic rings. The zero-order valence-corrected chi connectivity index (χ0v) is 54.4. The Hall–Kier alpha value is -2.11. The lowest BCUT2D eigenvalue weighted by Gasteiger charge is -2.18. The summed E-state index contributed by atoms with van der Waals surface area (Å²) in [6.07, 6.45) is 84.9. The fourth-order valence-corrected chi connectivity index (χ4v) is 11.2. The van der Waals surface area contributed by atoms with Crippen LogP contribution in [0.3, 0.4) is 0 Å². The molecule has 0 bridgehead atoms. The molecule has 0 aliphatic carbocycles. The lowest BCUT2D eigenvalue weighted by atomic mass is 10.0. The van der Waals surface area contributed by atoms with Crippen molar-refractivity contribution >= 4 is 17.9 Å². The minimum Gasteiger partial charge on any atom is -0.462 e. The van der Waals surface area contributed by atoms with Crippen molar-refractivity contribution in [3.05, 3.63) is 24.3 Å². The summed E-state index contributed by atoms with van der Waals surface area (Å²) >= 11 is 0. The summed E-state index contributed by atoms with van der Waals surface area (Å²) in [5.41, 5.74) is 0. The van der Waals surface area contributed by atoms with Crippen molar-refractivity contribution in [1.29, 1.82) is 0 Å². The van der Waals surface area contributed by atoms with Crippen LogP contribution < -0.4 is 0 Å². The van der Waals surface area contributed by atoms with Gasteiger partial charge in [-0.3, -0.25) is 14.4 Å². The molecule has 1 atom stereocenters. The van der Waals surface area contributed by atoms with E-state index in [2.05, 4.69) is 45.1 Å². The van der Waals surface area contributed by atoms with Gasteiger partial charge < -0.3 is 14.2 Å². The van der Waals surface area contributed by atoms with Gasteiger partial charge in [0.25, 0.3) is 0 Å². The highest BCUT2D eigenvalue weighted by molar-refractivity contribution is 5.71. The quantitative estimate of drug-likeness (QED) is 0.0261. The van der Waals surface area contributed by atoms with Gasteiger partial charge in [-0.05, 0) is 51.4 Å². The van der Waals surface area contributed by atoms with Gasteiger partial charge >= 0.3 is 17.9 Å². The molecule has 0 saturated heterocycles. The van der Waals surface area contributed by atoms with Gasteiger partial charge in [0, 0.05) is 19.3 Å². The van der Waals surface area contributed by atoms with Crippen LogP contribution in [-0.2, 0) is 28.6 Å². The molecule has 0 N–H and O–H groups in total. The van der Waals surface area contributed by atoms with Crippen LogP contribution in [0.1, 0.15) is 412 Å². The van der Waals surface area contributed by atoms with E-state index in [1.807, 2.05) is 0 Å². The molecule has 80 heavy (non-hydrogen) atoms. The van der Waals surface area contributed by atoms with E-state index in [1.54, 1.807) is 0 Å². The third-order valence-electron chi connectivity index (χ3n) is 16.7. The third kappa shape index (κ3) is 66.7. The molecular formula is C74H140O6. The Morgan fingerprint density at radius 1 is 0.250 bits per heavy atom. The monoisotopic (exact) mass is 1130 g/mol. The van der Waals surface area contributed by atoms with E-state index in [-0.39, 0.29) is 31.1 Å². The highest BCUT2D eigenvalue weighted by atomic mass is 16.6. The van der Waals surface area contributed by atoms with Crippen molar-refractivity contribution in [3.63, 3.8) is 0 Å². The zero-order chi connectivity index (χ0) is 57.8. The smallest absolute Gasteiger partial charge is 0.306 e. The van der Waals surface area contributed by atoms with Gasteiger partial charge in [0.05, 0.1) is 0 Å². The lowest BCUT2D eigenvalue weighted by Crippen LogP contribution is -2.30. The first-order chi connectivity index (χ1) is 39.5. The molecule has 0 aromatic carbocycles. The topological polar surface area (TPSA) is 78.9 Å². The van der Waals surface area contributed by atoms with Gasteiger partial charge in [0.1, 0.15) is 13.2 Å². The van der Waals surface area contributed by atoms with Gasteiger partial charge in [0.2, 0.25) is 0 Å². The van der Waals surface area contributed by atoms with Crippen molar-refractivity contribution < 1.29 is 28.6 Å². The Balaban J connectivity index is 4.26. The molecule has 0 fully saturated rings. The van der Waals surface area contributed by atoms with Crippen LogP contribution in [0.5, 0.6) is 0 Å². The maximum absolute atomic E-state index is 13.0. The number of carbonyl (C=O) groups excluding carboxylic acids is 3. The predicted molar refractivity (Wildman–Crippen MR) is 349 cm³/mol. The van der Waals surface area contributed by atoms with E-state index in [0.29, 0.717) is 19.3 Å². The summed E-state index contributed by atoms with van der Waals surface area (Å²) in [6, 6.07) is 0. The molecule has 0 aromatic rings. The molecule has 0 saturated carbocycles. The van der Waals surface area contributed by atoms with E-state index < -0.39 is 6.10 Å². The summed E-state index contributed by atoms with van der Waals surface area (Å²) in [5, 5.41) is 0. The van der Waals surface area contributed by atoms with E-state index in [1.165, 1.54) is 308 Å². The van der Waals surface area contributed by atoms with Gasteiger partial charge in [0.15, 0.2) is 6.10 Å².